The van der Waals surface area contributed by atoms with Crippen molar-refractivity contribution in [2.24, 2.45) is 23.2 Å². The van der Waals surface area contributed by atoms with Gasteiger partial charge in [-0.3, -0.25) is 38.4 Å². The van der Waals surface area contributed by atoms with Crippen molar-refractivity contribution in [1.29, 1.82) is 0 Å². The van der Waals surface area contributed by atoms with E-state index in [-0.39, 0.29) is 145 Å². The molecule has 0 aromatic heterocycles. The van der Waals surface area contributed by atoms with Gasteiger partial charge in [0.15, 0.2) is 18.9 Å². The van der Waals surface area contributed by atoms with E-state index >= 15 is 0 Å². The summed E-state index contributed by atoms with van der Waals surface area (Å²) in [6, 6.07) is 0. The summed E-state index contributed by atoms with van der Waals surface area (Å²) in [5.74, 6) is -2.08. The number of rotatable bonds is 65. The average molecular weight is 1510 g/mol. The molecule has 15 atom stereocenters. The highest BCUT2D eigenvalue weighted by Crippen LogP contribution is 2.31. The molecule has 3 aliphatic rings. The first-order valence-corrected chi connectivity index (χ1v) is 39.1. The minimum atomic E-state index is -1.22. The van der Waals surface area contributed by atoms with Gasteiger partial charge in [-0.15, -0.1) is 0 Å². The van der Waals surface area contributed by atoms with Gasteiger partial charge >= 0.3 is 5.97 Å². The summed E-state index contributed by atoms with van der Waals surface area (Å²) in [7, 11) is 1.38. The molecule has 105 heavy (non-hydrogen) atoms. The van der Waals surface area contributed by atoms with Crippen molar-refractivity contribution in [3.63, 3.8) is 0 Å². The molecule has 0 radical (unpaired) electrons. The number of ketones is 5. The zero-order chi connectivity index (χ0) is 77.2. The van der Waals surface area contributed by atoms with E-state index in [1.807, 2.05) is 0 Å². The Morgan fingerprint density at radius 3 is 0.971 bits per heavy atom. The Bertz CT molecular complexity index is 2170. The normalized spacial score (nSPS) is 25.3. The maximum atomic E-state index is 14.0. The van der Waals surface area contributed by atoms with Crippen LogP contribution in [0.3, 0.4) is 0 Å². The second-order valence-electron chi connectivity index (χ2n) is 29.0. The van der Waals surface area contributed by atoms with Crippen LogP contribution in [0, 0.1) is 23.2 Å². The Hall–Kier alpha value is -3.96. The van der Waals surface area contributed by atoms with Crippen LogP contribution in [0.2, 0.25) is 0 Å². The predicted molar refractivity (Wildman–Crippen MR) is 384 cm³/mol. The van der Waals surface area contributed by atoms with E-state index < -0.39 is 117 Å². The number of esters is 1. The van der Waals surface area contributed by atoms with E-state index in [4.69, 9.17) is 47.4 Å². The van der Waals surface area contributed by atoms with Crippen LogP contribution in [0.25, 0.3) is 0 Å². The van der Waals surface area contributed by atoms with Gasteiger partial charge in [-0.1, -0.05) is 72.1 Å². The number of hydrogen-bond acceptors (Lipinski definition) is 27. The highest BCUT2D eigenvalue weighted by atomic mass is 16.7. The maximum absolute atomic E-state index is 14.0. The Labute approximate surface area is 622 Å². The van der Waals surface area contributed by atoms with E-state index in [0.717, 1.165) is 44.9 Å². The van der Waals surface area contributed by atoms with Gasteiger partial charge in [0, 0.05) is 140 Å². The number of aliphatic hydroxyl groups is 9. The van der Waals surface area contributed by atoms with Crippen LogP contribution in [-0.4, -0.2) is 266 Å². The summed E-state index contributed by atoms with van der Waals surface area (Å²) in [5.41, 5.74) is -1.06. The van der Waals surface area contributed by atoms with Crippen LogP contribution >= 0.6 is 0 Å². The number of amides is 2. The molecule has 0 aliphatic carbocycles. The molecule has 29 heteroatoms. The average Bonchev–Trinajstić information content (AvgIpc) is 0.840. The van der Waals surface area contributed by atoms with E-state index in [9.17, 15) is 84.3 Å². The number of carbonyl (C=O) groups is 8. The Morgan fingerprint density at radius 1 is 0.333 bits per heavy atom. The van der Waals surface area contributed by atoms with Crippen molar-refractivity contribution in [2.45, 2.75) is 313 Å². The molecular weight excluding hydrogens is 1370 g/mol. The zero-order valence-electron chi connectivity index (χ0n) is 63.5. The van der Waals surface area contributed by atoms with Crippen LogP contribution in [0.15, 0.2) is 0 Å². The summed E-state index contributed by atoms with van der Waals surface area (Å²) in [5, 5.41) is 95.3. The third-order valence-electron chi connectivity index (χ3n) is 19.9. The lowest BCUT2D eigenvalue weighted by molar-refractivity contribution is -0.282. The second kappa shape index (κ2) is 57.1. The molecule has 29 nitrogen and oxygen atoms in total. The maximum Gasteiger partial charge on any atom is 0.305 e. The molecule has 0 aromatic rings. The molecular formula is C76H134N2O27. The van der Waals surface area contributed by atoms with Gasteiger partial charge in [-0.05, 0) is 83.5 Å². The van der Waals surface area contributed by atoms with Crippen molar-refractivity contribution in [2.75, 3.05) is 99.5 Å². The molecule has 2 amide bonds. The zero-order valence-corrected chi connectivity index (χ0v) is 63.5. The van der Waals surface area contributed by atoms with Gasteiger partial charge in [0.2, 0.25) is 11.8 Å². The van der Waals surface area contributed by atoms with E-state index in [1.54, 1.807) is 20.8 Å². The van der Waals surface area contributed by atoms with Crippen LogP contribution in [-0.2, 0) is 85.7 Å². The van der Waals surface area contributed by atoms with Crippen LogP contribution in [0.4, 0.5) is 0 Å². The summed E-state index contributed by atoms with van der Waals surface area (Å²) < 4.78 is 57.4. The van der Waals surface area contributed by atoms with Crippen molar-refractivity contribution in [3.8, 4) is 0 Å². The molecule has 11 N–H and O–H groups in total. The number of hydrogen-bond donors (Lipinski definition) is 11. The lowest BCUT2D eigenvalue weighted by atomic mass is 9.83. The van der Waals surface area contributed by atoms with Crippen molar-refractivity contribution in [3.05, 3.63) is 0 Å². The van der Waals surface area contributed by atoms with E-state index in [0.29, 0.717) is 148 Å². The smallest absolute Gasteiger partial charge is 0.305 e. The van der Waals surface area contributed by atoms with Crippen LogP contribution in [0.1, 0.15) is 239 Å². The Balaban J connectivity index is 1.52. The predicted octanol–water partition coefficient (Wildman–Crippen LogP) is 4.81. The first-order chi connectivity index (χ1) is 50.5. The number of methoxy groups -OCH3 is 1. The molecule has 3 aliphatic heterocycles. The molecule has 610 valence electrons. The Kier molecular flexibility index (Phi) is 51.8. The van der Waals surface area contributed by atoms with Crippen molar-refractivity contribution in [1.82, 2.24) is 10.6 Å². The molecule has 3 fully saturated rings. The minimum Gasteiger partial charge on any atom is -0.469 e. The SMILES string of the molecule is COC(=O)CCCCCCCCCCC(=O)CC(COCCC(=O)CCCCCC(=O)CCCCOC1OC(CO)C(O)C(O)C1C)(COCCC(=O)CCCCCC(=O)CCCCOC1OC(CO)C(O)C(O)C1C)COCCC(=O)NCCCNC(=O)CCCCOC1OC(CO)C(O)C(O)C1C. The summed E-state index contributed by atoms with van der Waals surface area (Å²) in [6.07, 6.45) is 5.78. The standard InChI is InChI=1S/C76H134N2O27/c1-53-67(90)70(93)61(47-79)103-73(53)100-40-22-19-30-56(82)26-14-11-16-28-58(84)35-43-97-50-76(46-60(86)32-13-9-7-5-6-8-10-18-34-66(89)96-4,51-98-44-36-59(85)29-17-12-15-27-57(83)31-20-23-41-101-74-54(2)68(91)71(94)62(48-80)104-74)52-99-45-37-65(88)78-39-25-38-77-64(87)33-21-24-42-102-75-55(3)69(92)72(95)63(49-81)105-75/h53-55,61-63,67-75,79-81,90-95H,5-52H2,1-4H3,(H,77,87)(H,78,88). The van der Waals surface area contributed by atoms with Gasteiger partial charge in [-0.2, -0.15) is 0 Å². The molecule has 15 unspecified atom stereocenters. The molecule has 0 bridgehead atoms. The number of ether oxygens (including phenoxy) is 10. The van der Waals surface area contributed by atoms with E-state index in [1.165, 1.54) is 7.11 Å². The number of carbonyl (C=O) groups excluding carboxylic acids is 8. The molecule has 3 rings (SSSR count). The highest BCUT2D eigenvalue weighted by Gasteiger charge is 2.45. The molecule has 0 aromatic carbocycles. The highest BCUT2D eigenvalue weighted by molar-refractivity contribution is 5.80. The largest absolute Gasteiger partial charge is 0.469 e. The van der Waals surface area contributed by atoms with Crippen molar-refractivity contribution < 1.29 is 132 Å². The second-order valence-corrected chi connectivity index (χ2v) is 29.0. The van der Waals surface area contributed by atoms with Crippen LogP contribution < -0.4 is 10.6 Å². The third-order valence-corrected chi connectivity index (χ3v) is 19.9. The first-order valence-electron chi connectivity index (χ1n) is 39.1. The van der Waals surface area contributed by atoms with Gasteiger partial charge in [-0.25, -0.2) is 0 Å². The molecule has 3 heterocycles. The summed E-state index contributed by atoms with van der Waals surface area (Å²) in [6.45, 7) is 5.08. The van der Waals surface area contributed by atoms with Crippen molar-refractivity contribution >= 4 is 46.7 Å². The van der Waals surface area contributed by atoms with E-state index in [2.05, 4.69) is 10.6 Å². The topological polar surface area (TPSA) is 435 Å². The van der Waals surface area contributed by atoms with Gasteiger partial charge in [0.25, 0.3) is 0 Å². The third kappa shape index (κ3) is 40.5. The van der Waals surface area contributed by atoms with Gasteiger partial charge < -0.3 is 104 Å². The lowest BCUT2D eigenvalue weighted by Gasteiger charge is -2.40. The van der Waals surface area contributed by atoms with Gasteiger partial charge in [0.05, 0.1) is 84.9 Å². The minimum absolute atomic E-state index is 0.00560. The summed E-state index contributed by atoms with van der Waals surface area (Å²) >= 11 is 0. The molecule has 0 saturated carbocycles. The molecule has 3 saturated heterocycles. The fourth-order valence-corrected chi connectivity index (χ4v) is 12.9. The summed E-state index contributed by atoms with van der Waals surface area (Å²) in [4.78, 5) is 103. The monoisotopic (exact) mass is 1510 g/mol. The Morgan fingerprint density at radius 2 is 0.619 bits per heavy atom. The number of Topliss-reactive ketones (excluding diaryl/α,β-unsaturated/α-hetero) is 5. The number of nitrogens with one attached hydrogen (secondary N) is 2. The quantitative estimate of drug-likeness (QED) is 0.0287. The first kappa shape index (κ1) is 95.2. The molecule has 0 spiro atoms. The van der Waals surface area contributed by atoms with Crippen LogP contribution in [0.5, 0.6) is 0 Å². The van der Waals surface area contributed by atoms with Gasteiger partial charge in [0.1, 0.15) is 65.5 Å². The number of unbranched alkanes of at least 4 members (excludes halogenated alkanes) is 14. The number of aliphatic hydroxyl groups excluding tert-OH is 9. The fourth-order valence-electron chi connectivity index (χ4n) is 12.9. The fraction of sp³-hybridized carbons (Fsp3) is 0.895. The lowest BCUT2D eigenvalue weighted by Crippen LogP contribution is -2.55.